The number of anilines is 1. The summed E-state index contributed by atoms with van der Waals surface area (Å²) < 4.78 is 9.41. The lowest BCUT2D eigenvalue weighted by Crippen LogP contribution is -2.37. The van der Waals surface area contributed by atoms with Gasteiger partial charge in [-0.25, -0.2) is 9.97 Å². The average Bonchev–Trinajstić information content (AvgIpc) is 3.66. The van der Waals surface area contributed by atoms with Crippen molar-refractivity contribution in [2.24, 2.45) is 7.05 Å². The minimum absolute atomic E-state index is 0.0175. The van der Waals surface area contributed by atoms with E-state index in [0.29, 0.717) is 42.5 Å². The summed E-state index contributed by atoms with van der Waals surface area (Å²) in [6.07, 6.45) is 13.5. The molecule has 35 heavy (non-hydrogen) atoms. The molecule has 0 spiro atoms. The lowest BCUT2D eigenvalue weighted by molar-refractivity contribution is -0.119. The molecule has 10 nitrogen and oxygen atoms in total. The van der Waals surface area contributed by atoms with Crippen molar-refractivity contribution in [3.8, 4) is 0 Å². The van der Waals surface area contributed by atoms with Crippen molar-refractivity contribution in [1.82, 2.24) is 29.5 Å². The maximum absolute atomic E-state index is 13.2. The molecular formula is C24H27N7O3S. The predicted molar refractivity (Wildman–Crippen MR) is 131 cm³/mol. The van der Waals surface area contributed by atoms with Gasteiger partial charge in [-0.2, -0.15) is 5.10 Å². The Bertz CT molecular complexity index is 1320. The fourth-order valence-electron chi connectivity index (χ4n) is 4.09. The van der Waals surface area contributed by atoms with Crippen molar-refractivity contribution in [3.05, 3.63) is 65.3 Å². The summed E-state index contributed by atoms with van der Waals surface area (Å²) in [5, 5.41) is 7.61. The van der Waals surface area contributed by atoms with Gasteiger partial charge in [-0.3, -0.25) is 19.2 Å². The Kier molecular flexibility index (Phi) is 6.87. The highest BCUT2D eigenvalue weighted by molar-refractivity contribution is 7.17. The van der Waals surface area contributed by atoms with E-state index in [0.717, 1.165) is 29.6 Å². The molecule has 4 aromatic rings. The van der Waals surface area contributed by atoms with Gasteiger partial charge in [0.05, 0.1) is 25.0 Å². The largest absolute Gasteiger partial charge is 0.376 e. The van der Waals surface area contributed by atoms with Gasteiger partial charge in [0.25, 0.3) is 5.91 Å². The first-order valence-electron chi connectivity index (χ1n) is 11.6. The minimum Gasteiger partial charge on any atom is -0.376 e. The number of nitrogens with one attached hydrogen (secondary N) is 1. The summed E-state index contributed by atoms with van der Waals surface area (Å²) in [4.78, 5) is 36.8. The normalized spacial score (nSPS) is 15.5. The van der Waals surface area contributed by atoms with E-state index in [1.165, 1.54) is 17.5 Å². The van der Waals surface area contributed by atoms with E-state index in [9.17, 15) is 9.59 Å². The van der Waals surface area contributed by atoms with E-state index >= 15 is 0 Å². The van der Waals surface area contributed by atoms with Gasteiger partial charge in [0.15, 0.2) is 5.13 Å². The standard InChI is InChI=1S/C24H27N7O3S/c1-29-15-18(13-28-29)4-5-22(32)31(16-19-3-2-10-34-19)24-27-14-20(35-24)23(33)26-12-17-6-8-30-9-7-25-21(30)11-17/h6-9,11,13-15,19H,2-5,10,12,16H2,1H3,(H,26,33)/t19-/m1/s1. The molecule has 182 valence electrons. The van der Waals surface area contributed by atoms with E-state index in [1.54, 1.807) is 22.0 Å². The fourth-order valence-corrected chi connectivity index (χ4v) is 4.95. The molecule has 5 rings (SSSR count). The highest BCUT2D eigenvalue weighted by Crippen LogP contribution is 2.26. The number of carbonyl (C=O) groups is 2. The maximum atomic E-state index is 13.2. The number of rotatable bonds is 9. The van der Waals surface area contributed by atoms with Crippen LogP contribution in [0.2, 0.25) is 0 Å². The molecule has 0 aromatic carbocycles. The van der Waals surface area contributed by atoms with Crippen molar-refractivity contribution in [1.29, 1.82) is 0 Å². The van der Waals surface area contributed by atoms with Crippen LogP contribution < -0.4 is 10.2 Å². The zero-order chi connectivity index (χ0) is 24.2. The first kappa shape index (κ1) is 23.2. The molecule has 0 radical (unpaired) electrons. The second kappa shape index (κ2) is 10.4. The molecule has 4 aromatic heterocycles. The van der Waals surface area contributed by atoms with E-state index in [-0.39, 0.29) is 17.9 Å². The molecule has 1 fully saturated rings. The fraction of sp³-hybridized carbons (Fsp3) is 0.375. The SMILES string of the molecule is Cn1cc(CCC(=O)N(C[C@H]2CCCO2)c2ncc(C(=O)NCc3ccn4ccnc4c3)s2)cn1. The van der Waals surface area contributed by atoms with Crippen LogP contribution in [-0.2, 0) is 29.5 Å². The molecule has 11 heteroatoms. The van der Waals surface area contributed by atoms with E-state index < -0.39 is 0 Å². The van der Waals surface area contributed by atoms with Crippen LogP contribution in [0.5, 0.6) is 0 Å². The van der Waals surface area contributed by atoms with Gasteiger partial charge >= 0.3 is 0 Å². The van der Waals surface area contributed by atoms with Gasteiger partial charge in [0, 0.05) is 51.4 Å². The number of thiazole rings is 1. The number of pyridine rings is 1. The number of fused-ring (bicyclic) bond motifs is 1. The van der Waals surface area contributed by atoms with Crippen molar-refractivity contribution in [2.45, 2.75) is 38.3 Å². The number of aryl methyl sites for hydroxylation is 2. The van der Waals surface area contributed by atoms with Gasteiger partial charge in [-0.15, -0.1) is 0 Å². The highest BCUT2D eigenvalue weighted by atomic mass is 32.1. The summed E-state index contributed by atoms with van der Waals surface area (Å²) in [7, 11) is 1.85. The van der Waals surface area contributed by atoms with Crippen LogP contribution in [0.25, 0.3) is 5.65 Å². The summed E-state index contributed by atoms with van der Waals surface area (Å²) in [6.45, 7) is 1.52. The topological polar surface area (TPSA) is 107 Å². The van der Waals surface area contributed by atoms with Crippen LogP contribution in [0, 0.1) is 0 Å². The lowest BCUT2D eigenvalue weighted by atomic mass is 10.1. The van der Waals surface area contributed by atoms with Crippen LogP contribution in [0.4, 0.5) is 5.13 Å². The van der Waals surface area contributed by atoms with Crippen LogP contribution in [0.15, 0.2) is 49.3 Å². The Morgan fingerprint density at radius 2 is 2.17 bits per heavy atom. The Balaban J connectivity index is 1.25. The Morgan fingerprint density at radius 3 is 2.97 bits per heavy atom. The van der Waals surface area contributed by atoms with Crippen molar-refractivity contribution >= 4 is 33.9 Å². The van der Waals surface area contributed by atoms with E-state index in [4.69, 9.17) is 4.74 Å². The number of aromatic nitrogens is 5. The Labute approximate surface area is 206 Å². The third-order valence-corrected chi connectivity index (χ3v) is 6.98. The Hall–Kier alpha value is -3.57. The number of carbonyl (C=O) groups excluding carboxylic acids is 2. The number of hydrogen-bond acceptors (Lipinski definition) is 7. The quantitative estimate of drug-likeness (QED) is 0.384. The van der Waals surface area contributed by atoms with Gasteiger partial charge in [0.2, 0.25) is 5.91 Å². The molecular weight excluding hydrogens is 466 g/mol. The lowest BCUT2D eigenvalue weighted by Gasteiger charge is -2.23. The number of nitrogens with zero attached hydrogens (tertiary/aromatic N) is 6. The second-order valence-electron chi connectivity index (χ2n) is 8.58. The van der Waals surface area contributed by atoms with Gasteiger partial charge in [-0.1, -0.05) is 11.3 Å². The molecule has 1 aliphatic heterocycles. The smallest absolute Gasteiger partial charge is 0.263 e. The molecule has 1 N–H and O–H groups in total. The van der Waals surface area contributed by atoms with Crippen LogP contribution in [0.1, 0.15) is 40.1 Å². The first-order valence-corrected chi connectivity index (χ1v) is 12.4. The van der Waals surface area contributed by atoms with Gasteiger partial charge in [-0.05, 0) is 42.5 Å². The number of ether oxygens (including phenoxy) is 1. The number of amides is 2. The van der Waals surface area contributed by atoms with Crippen LogP contribution in [0.3, 0.4) is 0 Å². The van der Waals surface area contributed by atoms with E-state index in [2.05, 4.69) is 20.4 Å². The average molecular weight is 494 g/mol. The Morgan fingerprint density at radius 1 is 1.26 bits per heavy atom. The number of imidazole rings is 1. The molecule has 1 aliphatic rings. The van der Waals surface area contributed by atoms with E-state index in [1.807, 2.05) is 42.2 Å². The maximum Gasteiger partial charge on any atom is 0.263 e. The third-order valence-electron chi connectivity index (χ3n) is 5.96. The van der Waals surface area contributed by atoms with Crippen molar-refractivity contribution in [3.63, 3.8) is 0 Å². The molecule has 0 bridgehead atoms. The van der Waals surface area contributed by atoms with Crippen molar-refractivity contribution < 1.29 is 14.3 Å². The molecule has 0 aliphatic carbocycles. The second-order valence-corrected chi connectivity index (χ2v) is 9.59. The molecule has 2 amide bonds. The molecule has 5 heterocycles. The molecule has 0 unspecified atom stereocenters. The first-order chi connectivity index (χ1) is 17.0. The summed E-state index contributed by atoms with van der Waals surface area (Å²) in [6, 6.07) is 3.87. The van der Waals surface area contributed by atoms with Gasteiger partial charge < -0.3 is 14.5 Å². The summed E-state index contributed by atoms with van der Waals surface area (Å²) in [5.41, 5.74) is 2.78. The number of hydrogen-bond donors (Lipinski definition) is 1. The highest BCUT2D eigenvalue weighted by Gasteiger charge is 2.26. The van der Waals surface area contributed by atoms with Crippen LogP contribution >= 0.6 is 11.3 Å². The molecule has 1 atom stereocenters. The van der Waals surface area contributed by atoms with Crippen molar-refractivity contribution in [2.75, 3.05) is 18.1 Å². The van der Waals surface area contributed by atoms with Crippen LogP contribution in [-0.4, -0.2) is 55.2 Å². The monoisotopic (exact) mass is 493 g/mol. The van der Waals surface area contributed by atoms with Gasteiger partial charge in [0.1, 0.15) is 10.5 Å². The summed E-state index contributed by atoms with van der Waals surface area (Å²) >= 11 is 1.22. The molecule has 0 saturated carbocycles. The molecule has 1 saturated heterocycles. The zero-order valence-electron chi connectivity index (χ0n) is 19.5. The minimum atomic E-state index is -0.225. The zero-order valence-corrected chi connectivity index (χ0v) is 20.3. The predicted octanol–water partition coefficient (Wildman–Crippen LogP) is 2.60. The summed E-state index contributed by atoms with van der Waals surface area (Å²) in [5.74, 6) is -0.268. The third kappa shape index (κ3) is 5.57.